The number of fused-ring (bicyclic) bond motifs is 1. The molecule has 0 aliphatic rings. The summed E-state index contributed by atoms with van der Waals surface area (Å²) < 4.78 is 1.41. The second kappa shape index (κ2) is 4.79. The van der Waals surface area contributed by atoms with Crippen molar-refractivity contribution in [1.29, 1.82) is 0 Å². The molecule has 2 aromatic carbocycles. The van der Waals surface area contributed by atoms with Crippen LogP contribution in [0.3, 0.4) is 0 Å². The van der Waals surface area contributed by atoms with Crippen molar-refractivity contribution in [1.82, 2.24) is 4.57 Å². The Hall–Kier alpha value is -3.08. The summed E-state index contributed by atoms with van der Waals surface area (Å²) >= 11 is 0. The number of carbonyl (C=O) groups is 1. The lowest BCUT2D eigenvalue weighted by Crippen LogP contribution is -2.21. The number of nitrogens with zero attached hydrogens (tertiary/aromatic N) is 1. The number of benzene rings is 2. The van der Waals surface area contributed by atoms with Crippen molar-refractivity contribution in [2.24, 2.45) is 5.73 Å². The fraction of sp³-hybridized carbons (Fsp3) is 0. The maximum Gasteiger partial charge on any atom is 0.264 e. The first-order valence-electron chi connectivity index (χ1n) is 6.38. The summed E-state index contributed by atoms with van der Waals surface area (Å²) in [6.45, 7) is 0. The number of rotatable bonds is 2. The van der Waals surface area contributed by atoms with Gasteiger partial charge in [0.1, 0.15) is 5.82 Å². The Bertz CT molecular complexity index is 896. The number of aromatic nitrogens is 1. The van der Waals surface area contributed by atoms with Crippen molar-refractivity contribution in [3.05, 3.63) is 70.5 Å². The van der Waals surface area contributed by atoms with Gasteiger partial charge in [-0.05, 0) is 41.8 Å². The normalized spacial score (nSPS) is 10.7. The van der Waals surface area contributed by atoms with E-state index in [9.17, 15) is 9.59 Å². The molecular weight excluding hydrogens is 266 g/mol. The molecule has 1 amide bonds. The van der Waals surface area contributed by atoms with Gasteiger partial charge in [-0.1, -0.05) is 18.2 Å². The quantitative estimate of drug-likeness (QED) is 0.747. The molecular formula is C16H13N3O2. The van der Waals surface area contributed by atoms with Crippen LogP contribution in [0.15, 0.2) is 59.4 Å². The third kappa shape index (κ3) is 2.14. The van der Waals surface area contributed by atoms with E-state index in [1.807, 2.05) is 12.1 Å². The number of hydrogen-bond donors (Lipinski definition) is 2. The highest BCUT2D eigenvalue weighted by atomic mass is 16.1. The van der Waals surface area contributed by atoms with E-state index in [4.69, 9.17) is 11.5 Å². The zero-order chi connectivity index (χ0) is 15.0. The van der Waals surface area contributed by atoms with Crippen LogP contribution in [-0.4, -0.2) is 10.5 Å². The summed E-state index contributed by atoms with van der Waals surface area (Å²) in [6.07, 6.45) is 0. The summed E-state index contributed by atoms with van der Waals surface area (Å²) in [7, 11) is 0. The van der Waals surface area contributed by atoms with Gasteiger partial charge in [0.25, 0.3) is 5.56 Å². The third-order valence-corrected chi connectivity index (χ3v) is 3.37. The number of nitrogen functional groups attached to an aromatic ring is 1. The second-order valence-electron chi connectivity index (χ2n) is 4.71. The van der Waals surface area contributed by atoms with Crippen molar-refractivity contribution >= 4 is 22.5 Å². The van der Waals surface area contributed by atoms with Crippen molar-refractivity contribution in [3.8, 4) is 5.69 Å². The van der Waals surface area contributed by atoms with Gasteiger partial charge in [0, 0.05) is 10.9 Å². The zero-order valence-corrected chi connectivity index (χ0v) is 11.1. The molecule has 0 aliphatic carbocycles. The van der Waals surface area contributed by atoms with E-state index < -0.39 is 5.91 Å². The van der Waals surface area contributed by atoms with Crippen molar-refractivity contribution in [2.75, 3.05) is 5.73 Å². The molecule has 0 saturated carbocycles. The molecule has 0 atom stereocenters. The fourth-order valence-corrected chi connectivity index (χ4v) is 2.32. The molecule has 5 nitrogen and oxygen atoms in total. The van der Waals surface area contributed by atoms with Crippen LogP contribution < -0.4 is 17.0 Å². The van der Waals surface area contributed by atoms with Crippen LogP contribution in [0.5, 0.6) is 0 Å². The van der Waals surface area contributed by atoms with Crippen LogP contribution in [0, 0.1) is 0 Å². The smallest absolute Gasteiger partial charge is 0.264 e. The largest absolute Gasteiger partial charge is 0.385 e. The Morgan fingerprint density at radius 3 is 2.33 bits per heavy atom. The van der Waals surface area contributed by atoms with Crippen LogP contribution in [0.2, 0.25) is 0 Å². The standard InChI is InChI=1S/C16H13N3O2/c17-14-9-11-3-1-2-4-13(11)16(21)19(14)12-7-5-10(6-8-12)15(18)20/h1-9H,17H2,(H2,18,20). The number of anilines is 1. The van der Waals surface area contributed by atoms with Crippen LogP contribution in [-0.2, 0) is 0 Å². The lowest BCUT2D eigenvalue weighted by molar-refractivity contribution is 0.100. The first kappa shape index (κ1) is 12.9. The number of hydrogen-bond acceptors (Lipinski definition) is 3. The lowest BCUT2D eigenvalue weighted by Gasteiger charge is -2.11. The summed E-state index contributed by atoms with van der Waals surface area (Å²) in [5.74, 6) is -0.175. The molecule has 3 rings (SSSR count). The molecule has 0 bridgehead atoms. The molecule has 5 heteroatoms. The molecule has 0 spiro atoms. The van der Waals surface area contributed by atoms with E-state index in [0.717, 1.165) is 5.39 Å². The fourth-order valence-electron chi connectivity index (χ4n) is 2.32. The number of primary amides is 1. The van der Waals surface area contributed by atoms with Gasteiger partial charge in [-0.3, -0.25) is 14.2 Å². The topological polar surface area (TPSA) is 91.1 Å². The van der Waals surface area contributed by atoms with E-state index in [1.165, 1.54) is 4.57 Å². The van der Waals surface area contributed by atoms with Crippen molar-refractivity contribution < 1.29 is 4.79 Å². The molecule has 0 saturated heterocycles. The molecule has 104 valence electrons. The first-order valence-corrected chi connectivity index (χ1v) is 6.38. The number of nitrogens with two attached hydrogens (primary N) is 2. The minimum Gasteiger partial charge on any atom is -0.385 e. The van der Waals surface area contributed by atoms with E-state index in [1.54, 1.807) is 42.5 Å². The SMILES string of the molecule is NC(=O)c1ccc(-n2c(N)cc3ccccc3c2=O)cc1. The van der Waals surface area contributed by atoms with Crippen LogP contribution in [0.4, 0.5) is 5.82 Å². The van der Waals surface area contributed by atoms with Crippen LogP contribution in [0.1, 0.15) is 10.4 Å². The van der Waals surface area contributed by atoms with E-state index in [0.29, 0.717) is 22.5 Å². The maximum absolute atomic E-state index is 12.6. The number of pyridine rings is 1. The minimum absolute atomic E-state index is 0.197. The maximum atomic E-state index is 12.6. The highest BCUT2D eigenvalue weighted by Crippen LogP contribution is 2.17. The Morgan fingerprint density at radius 2 is 1.67 bits per heavy atom. The number of carbonyl (C=O) groups excluding carboxylic acids is 1. The van der Waals surface area contributed by atoms with E-state index in [-0.39, 0.29) is 5.56 Å². The average molecular weight is 279 g/mol. The molecule has 0 radical (unpaired) electrons. The van der Waals surface area contributed by atoms with Crippen LogP contribution >= 0.6 is 0 Å². The van der Waals surface area contributed by atoms with Crippen molar-refractivity contribution in [2.45, 2.75) is 0 Å². The number of amides is 1. The van der Waals surface area contributed by atoms with Crippen molar-refractivity contribution in [3.63, 3.8) is 0 Å². The Balaban J connectivity index is 2.25. The molecule has 3 aromatic rings. The van der Waals surface area contributed by atoms with Gasteiger partial charge in [-0.15, -0.1) is 0 Å². The summed E-state index contributed by atoms with van der Waals surface area (Å²) in [4.78, 5) is 23.6. The predicted molar refractivity (Wildman–Crippen MR) is 82.5 cm³/mol. The monoisotopic (exact) mass is 279 g/mol. The summed E-state index contributed by atoms with van der Waals surface area (Å²) in [5, 5.41) is 1.38. The molecule has 0 aliphatic heterocycles. The van der Waals surface area contributed by atoms with E-state index >= 15 is 0 Å². The van der Waals surface area contributed by atoms with Gasteiger partial charge in [0.05, 0.1) is 5.69 Å². The van der Waals surface area contributed by atoms with Gasteiger partial charge in [0.2, 0.25) is 5.91 Å². The third-order valence-electron chi connectivity index (χ3n) is 3.37. The van der Waals surface area contributed by atoms with Gasteiger partial charge in [-0.2, -0.15) is 0 Å². The van der Waals surface area contributed by atoms with Gasteiger partial charge in [-0.25, -0.2) is 0 Å². The highest BCUT2D eigenvalue weighted by Gasteiger charge is 2.09. The minimum atomic E-state index is -0.514. The highest BCUT2D eigenvalue weighted by molar-refractivity contribution is 5.93. The molecule has 1 aromatic heterocycles. The lowest BCUT2D eigenvalue weighted by atomic mass is 10.1. The Kier molecular flexibility index (Phi) is 2.95. The Labute approximate surface area is 120 Å². The zero-order valence-electron chi connectivity index (χ0n) is 11.1. The first-order chi connectivity index (χ1) is 10.1. The average Bonchev–Trinajstić information content (AvgIpc) is 2.48. The molecule has 4 N–H and O–H groups in total. The molecule has 0 fully saturated rings. The molecule has 1 heterocycles. The Morgan fingerprint density at radius 1 is 1.00 bits per heavy atom. The predicted octanol–water partition coefficient (Wildman–Crippen LogP) is 1.67. The van der Waals surface area contributed by atoms with Gasteiger partial charge < -0.3 is 11.5 Å². The van der Waals surface area contributed by atoms with Crippen LogP contribution in [0.25, 0.3) is 16.5 Å². The van der Waals surface area contributed by atoms with Gasteiger partial charge >= 0.3 is 0 Å². The van der Waals surface area contributed by atoms with Gasteiger partial charge in [0.15, 0.2) is 0 Å². The summed E-state index contributed by atoms with van der Waals surface area (Å²) in [5.41, 5.74) is 12.0. The molecule has 0 unspecified atom stereocenters. The molecule has 21 heavy (non-hydrogen) atoms. The second-order valence-corrected chi connectivity index (χ2v) is 4.71. The van der Waals surface area contributed by atoms with E-state index in [2.05, 4.69) is 0 Å². The summed E-state index contributed by atoms with van der Waals surface area (Å²) in [6, 6.07) is 15.4.